The zero-order valence-electron chi connectivity index (χ0n) is 15.3. The molecule has 134 valence electrons. The molecule has 0 radical (unpaired) electrons. The van der Waals surface area contributed by atoms with E-state index in [4.69, 9.17) is 0 Å². The average Bonchev–Trinajstić information content (AvgIpc) is 3.07. The minimum atomic E-state index is -0.635. The van der Waals surface area contributed by atoms with E-state index in [0.29, 0.717) is 0 Å². The molecule has 2 aromatic rings. The SMILES string of the molecule is CN(CCCc1ccc(C2CCCC2F)cc1)CCc1ccccc1. The number of rotatable bonds is 8. The summed E-state index contributed by atoms with van der Waals surface area (Å²) in [6.45, 7) is 2.21. The fraction of sp³-hybridized carbons (Fsp3) is 0.478. The fourth-order valence-corrected chi connectivity index (χ4v) is 3.85. The molecule has 3 rings (SSSR count). The van der Waals surface area contributed by atoms with Crippen molar-refractivity contribution in [3.63, 3.8) is 0 Å². The summed E-state index contributed by atoms with van der Waals surface area (Å²) in [5.74, 6) is 0.137. The highest BCUT2D eigenvalue weighted by Crippen LogP contribution is 2.36. The molecule has 2 aromatic carbocycles. The number of alkyl halides is 1. The van der Waals surface area contributed by atoms with E-state index in [1.165, 1.54) is 23.1 Å². The first kappa shape index (κ1) is 18.1. The van der Waals surface area contributed by atoms with Crippen molar-refractivity contribution in [3.05, 3.63) is 71.3 Å². The third-order valence-electron chi connectivity index (χ3n) is 5.47. The molecule has 0 bridgehead atoms. The Balaban J connectivity index is 1.38. The van der Waals surface area contributed by atoms with Gasteiger partial charge in [-0.2, -0.15) is 0 Å². The van der Waals surface area contributed by atoms with E-state index in [1.807, 2.05) is 0 Å². The maximum atomic E-state index is 13.9. The number of nitrogens with zero attached hydrogens (tertiary/aromatic N) is 1. The van der Waals surface area contributed by atoms with Crippen LogP contribution < -0.4 is 0 Å². The van der Waals surface area contributed by atoms with Crippen LogP contribution in [0.25, 0.3) is 0 Å². The summed E-state index contributed by atoms with van der Waals surface area (Å²) in [4.78, 5) is 2.41. The van der Waals surface area contributed by atoms with Gasteiger partial charge in [-0.25, -0.2) is 4.39 Å². The molecule has 2 heteroatoms. The van der Waals surface area contributed by atoms with Crippen molar-refractivity contribution in [2.45, 2.75) is 50.6 Å². The zero-order valence-corrected chi connectivity index (χ0v) is 15.3. The van der Waals surface area contributed by atoms with Gasteiger partial charge in [-0.15, -0.1) is 0 Å². The van der Waals surface area contributed by atoms with E-state index in [0.717, 1.165) is 45.2 Å². The normalized spacial score (nSPS) is 20.3. The Kier molecular flexibility index (Phi) is 6.63. The second kappa shape index (κ2) is 9.15. The second-order valence-corrected chi connectivity index (χ2v) is 7.44. The van der Waals surface area contributed by atoms with Crippen LogP contribution in [0.5, 0.6) is 0 Å². The summed E-state index contributed by atoms with van der Waals surface area (Å²) >= 11 is 0. The third-order valence-corrected chi connectivity index (χ3v) is 5.47. The lowest BCUT2D eigenvalue weighted by molar-refractivity contribution is 0.312. The first-order valence-electron chi connectivity index (χ1n) is 9.68. The number of benzene rings is 2. The molecule has 0 spiro atoms. The number of halogens is 1. The molecule has 0 saturated heterocycles. The van der Waals surface area contributed by atoms with Crippen molar-refractivity contribution >= 4 is 0 Å². The highest BCUT2D eigenvalue weighted by Gasteiger charge is 2.27. The van der Waals surface area contributed by atoms with Crippen molar-refractivity contribution < 1.29 is 4.39 Å². The summed E-state index contributed by atoms with van der Waals surface area (Å²) in [6, 6.07) is 19.4. The van der Waals surface area contributed by atoms with Crippen LogP contribution in [0.15, 0.2) is 54.6 Å². The molecule has 0 amide bonds. The van der Waals surface area contributed by atoms with Gasteiger partial charge >= 0.3 is 0 Å². The molecule has 1 nitrogen and oxygen atoms in total. The van der Waals surface area contributed by atoms with Crippen LogP contribution in [0, 0.1) is 0 Å². The van der Waals surface area contributed by atoms with Crippen molar-refractivity contribution in [2.75, 3.05) is 20.1 Å². The molecule has 2 unspecified atom stereocenters. The van der Waals surface area contributed by atoms with Gasteiger partial charge in [0.05, 0.1) is 0 Å². The van der Waals surface area contributed by atoms with Gasteiger partial charge in [0.15, 0.2) is 0 Å². The number of hydrogen-bond acceptors (Lipinski definition) is 1. The lowest BCUT2D eigenvalue weighted by Crippen LogP contribution is -2.22. The predicted octanol–water partition coefficient (Wildman–Crippen LogP) is 5.40. The van der Waals surface area contributed by atoms with Crippen LogP contribution in [0.3, 0.4) is 0 Å². The summed E-state index contributed by atoms with van der Waals surface area (Å²) < 4.78 is 13.9. The Hall–Kier alpha value is -1.67. The summed E-state index contributed by atoms with van der Waals surface area (Å²) in [7, 11) is 2.20. The Morgan fingerprint density at radius 2 is 1.60 bits per heavy atom. The topological polar surface area (TPSA) is 3.24 Å². The number of hydrogen-bond donors (Lipinski definition) is 0. The van der Waals surface area contributed by atoms with E-state index in [1.54, 1.807) is 0 Å². The Bertz CT molecular complexity index is 622. The first-order chi connectivity index (χ1) is 12.2. The van der Waals surface area contributed by atoms with E-state index in [2.05, 4.69) is 66.5 Å². The second-order valence-electron chi connectivity index (χ2n) is 7.44. The molecule has 0 aromatic heterocycles. The zero-order chi connectivity index (χ0) is 17.5. The van der Waals surface area contributed by atoms with E-state index in [-0.39, 0.29) is 5.92 Å². The molecule has 0 N–H and O–H groups in total. The summed E-state index contributed by atoms with van der Waals surface area (Å²) in [6.07, 6.45) is 5.51. The average molecular weight is 339 g/mol. The lowest BCUT2D eigenvalue weighted by atomic mass is 9.95. The van der Waals surface area contributed by atoms with Gasteiger partial charge in [0.1, 0.15) is 6.17 Å². The predicted molar refractivity (Wildman–Crippen MR) is 104 cm³/mol. The van der Waals surface area contributed by atoms with Crippen LogP contribution >= 0.6 is 0 Å². The highest BCUT2D eigenvalue weighted by molar-refractivity contribution is 5.27. The van der Waals surface area contributed by atoms with Crippen LogP contribution in [-0.4, -0.2) is 31.2 Å². The third kappa shape index (κ3) is 5.40. The van der Waals surface area contributed by atoms with E-state index >= 15 is 0 Å². The Labute approximate surface area is 151 Å². The quantitative estimate of drug-likeness (QED) is 0.622. The van der Waals surface area contributed by atoms with Crippen molar-refractivity contribution in [1.82, 2.24) is 4.90 Å². The van der Waals surface area contributed by atoms with Crippen molar-refractivity contribution in [3.8, 4) is 0 Å². The molecule has 2 atom stereocenters. The Morgan fingerprint density at radius 1 is 0.880 bits per heavy atom. The van der Waals surface area contributed by atoms with Gasteiger partial charge in [-0.3, -0.25) is 0 Å². The van der Waals surface area contributed by atoms with Crippen LogP contribution in [-0.2, 0) is 12.8 Å². The van der Waals surface area contributed by atoms with E-state index in [9.17, 15) is 4.39 Å². The van der Waals surface area contributed by atoms with Crippen molar-refractivity contribution in [1.29, 1.82) is 0 Å². The van der Waals surface area contributed by atoms with Crippen LogP contribution in [0.2, 0.25) is 0 Å². The van der Waals surface area contributed by atoms with Crippen LogP contribution in [0.1, 0.15) is 48.3 Å². The fourth-order valence-electron chi connectivity index (χ4n) is 3.85. The minimum absolute atomic E-state index is 0.137. The van der Waals surface area contributed by atoms with Gasteiger partial charge < -0.3 is 4.90 Å². The summed E-state index contributed by atoms with van der Waals surface area (Å²) in [5, 5.41) is 0. The number of aryl methyl sites for hydroxylation is 1. The monoisotopic (exact) mass is 339 g/mol. The largest absolute Gasteiger partial charge is 0.306 e. The minimum Gasteiger partial charge on any atom is -0.306 e. The molecule has 1 aliphatic rings. The highest BCUT2D eigenvalue weighted by atomic mass is 19.1. The molecule has 25 heavy (non-hydrogen) atoms. The number of likely N-dealkylation sites (N-methyl/N-ethyl adjacent to an activating group) is 1. The Morgan fingerprint density at radius 3 is 2.28 bits per heavy atom. The van der Waals surface area contributed by atoms with E-state index < -0.39 is 6.17 Å². The molecular formula is C23H30FN. The maximum Gasteiger partial charge on any atom is 0.107 e. The molecule has 0 aliphatic heterocycles. The van der Waals surface area contributed by atoms with Crippen molar-refractivity contribution in [2.24, 2.45) is 0 Å². The van der Waals surface area contributed by atoms with Gasteiger partial charge in [0, 0.05) is 12.5 Å². The first-order valence-corrected chi connectivity index (χ1v) is 9.68. The lowest BCUT2D eigenvalue weighted by Gasteiger charge is -2.17. The van der Waals surface area contributed by atoms with Crippen LogP contribution in [0.4, 0.5) is 4.39 Å². The van der Waals surface area contributed by atoms with Gasteiger partial charge in [-0.05, 0) is 68.8 Å². The molecular weight excluding hydrogens is 309 g/mol. The molecule has 0 heterocycles. The van der Waals surface area contributed by atoms with Gasteiger partial charge in [0.2, 0.25) is 0 Å². The molecule has 1 fully saturated rings. The smallest absolute Gasteiger partial charge is 0.107 e. The molecule has 1 aliphatic carbocycles. The standard InChI is InChI=1S/C23H30FN/c1-25(18-16-19-7-3-2-4-8-19)17-6-9-20-12-14-21(15-13-20)22-10-5-11-23(22)24/h2-4,7-8,12-15,22-23H,5-6,9-11,16-18H2,1H3. The summed E-state index contributed by atoms with van der Waals surface area (Å²) in [5.41, 5.74) is 3.96. The van der Waals surface area contributed by atoms with Gasteiger partial charge in [0.25, 0.3) is 0 Å². The van der Waals surface area contributed by atoms with Gasteiger partial charge in [-0.1, -0.05) is 54.6 Å². The maximum absolute atomic E-state index is 13.9. The molecule has 1 saturated carbocycles.